The number of hydrogen-bond donors (Lipinski definition) is 1. The summed E-state index contributed by atoms with van der Waals surface area (Å²) in [6.07, 6.45) is 6.65. The van der Waals surface area contributed by atoms with Crippen LogP contribution in [0, 0.1) is 5.92 Å². The van der Waals surface area contributed by atoms with Gasteiger partial charge in [0.1, 0.15) is 10.6 Å². The Kier molecular flexibility index (Phi) is 4.23. The van der Waals surface area contributed by atoms with Crippen LogP contribution in [0.1, 0.15) is 26.2 Å². The summed E-state index contributed by atoms with van der Waals surface area (Å²) in [6.45, 7) is 3.28. The van der Waals surface area contributed by atoms with E-state index in [0.717, 1.165) is 35.6 Å². The zero-order valence-corrected chi connectivity index (χ0v) is 15.5. The third-order valence-electron chi connectivity index (χ3n) is 5.60. The van der Waals surface area contributed by atoms with Gasteiger partial charge in [-0.15, -0.1) is 0 Å². The Morgan fingerprint density at radius 1 is 1.23 bits per heavy atom. The van der Waals surface area contributed by atoms with Crippen molar-refractivity contribution in [3.8, 4) is 0 Å². The van der Waals surface area contributed by atoms with Gasteiger partial charge in [0.2, 0.25) is 0 Å². The maximum Gasteiger partial charge on any atom is 0.266 e. The minimum Gasteiger partial charge on any atom is -0.317 e. The highest BCUT2D eigenvalue weighted by molar-refractivity contribution is 7.91. The van der Waals surface area contributed by atoms with Crippen molar-refractivity contribution < 1.29 is 12.8 Å². The van der Waals surface area contributed by atoms with E-state index in [9.17, 15) is 12.8 Å². The summed E-state index contributed by atoms with van der Waals surface area (Å²) in [5.74, 6) is -0.334. The van der Waals surface area contributed by atoms with E-state index < -0.39 is 20.6 Å². The molecule has 7 heteroatoms. The Balaban J connectivity index is 1.75. The molecular formula is C19H22FN3O2S. The second-order valence-corrected chi connectivity index (χ2v) is 9.44. The Morgan fingerprint density at radius 2 is 1.96 bits per heavy atom. The average molecular weight is 375 g/mol. The number of aromatic nitrogens is 2. The molecule has 1 aromatic heterocycles. The predicted molar refractivity (Wildman–Crippen MR) is 99.9 cm³/mol. The molecule has 1 fully saturated rings. The molecule has 5 nitrogen and oxygen atoms in total. The molecule has 4 rings (SSSR count). The highest BCUT2D eigenvalue weighted by Crippen LogP contribution is 2.42. The first-order chi connectivity index (χ1) is 12.4. The van der Waals surface area contributed by atoms with Gasteiger partial charge in [0, 0.05) is 5.39 Å². The maximum atomic E-state index is 14.8. The molecule has 1 N–H and O–H groups in total. The summed E-state index contributed by atoms with van der Waals surface area (Å²) < 4.78 is 41.0. The lowest BCUT2D eigenvalue weighted by molar-refractivity contribution is 0.390. The van der Waals surface area contributed by atoms with Crippen LogP contribution in [0.25, 0.3) is 10.9 Å². The largest absolute Gasteiger partial charge is 0.317 e. The van der Waals surface area contributed by atoms with Crippen molar-refractivity contribution in [2.45, 2.75) is 30.9 Å². The fourth-order valence-electron chi connectivity index (χ4n) is 3.91. The highest BCUT2D eigenvalue weighted by atomic mass is 32.2. The van der Waals surface area contributed by atoms with E-state index in [-0.39, 0.29) is 6.42 Å². The van der Waals surface area contributed by atoms with Crippen LogP contribution in [-0.4, -0.2) is 35.4 Å². The van der Waals surface area contributed by atoms with Crippen molar-refractivity contribution in [3.05, 3.63) is 54.0 Å². The number of allylic oxidation sites excluding steroid dienone is 3. The Labute approximate surface area is 152 Å². The van der Waals surface area contributed by atoms with Crippen LogP contribution >= 0.6 is 0 Å². The normalized spacial score (nSPS) is 25.2. The molecule has 0 spiro atoms. The summed E-state index contributed by atoms with van der Waals surface area (Å²) in [4.78, 5) is 0. The van der Waals surface area contributed by atoms with Crippen LogP contribution in [0.15, 0.2) is 54.0 Å². The standard InChI is InChI=1S/C19H22FN3O2S/c1-19(12-15(6-7-18(19)20)14-8-10-21-11-9-14)26(24,25)23-17-5-3-2-4-16(17)13-22-23/h2-7,13-14,21H,8-12H2,1H3. The van der Waals surface area contributed by atoms with E-state index in [1.807, 2.05) is 6.07 Å². The predicted octanol–water partition coefficient (Wildman–Crippen LogP) is 3.16. The van der Waals surface area contributed by atoms with Crippen molar-refractivity contribution >= 4 is 20.9 Å². The minimum atomic E-state index is -4.06. The molecule has 0 amide bonds. The van der Waals surface area contributed by atoms with Gasteiger partial charge in [-0.25, -0.2) is 12.8 Å². The van der Waals surface area contributed by atoms with Crippen molar-refractivity contribution in [1.82, 2.24) is 14.5 Å². The third kappa shape index (κ3) is 2.61. The number of piperidine rings is 1. The van der Waals surface area contributed by atoms with Gasteiger partial charge in [-0.2, -0.15) is 9.19 Å². The van der Waals surface area contributed by atoms with E-state index in [1.165, 1.54) is 19.2 Å². The molecule has 138 valence electrons. The van der Waals surface area contributed by atoms with Gasteiger partial charge in [0.25, 0.3) is 10.0 Å². The van der Waals surface area contributed by atoms with Crippen LogP contribution < -0.4 is 5.32 Å². The number of fused-ring (bicyclic) bond motifs is 1. The SMILES string of the molecule is CC1(S(=O)(=O)n2ncc3ccccc32)CC(C2CCNCC2)=CC=C1F. The van der Waals surface area contributed by atoms with Gasteiger partial charge in [-0.3, -0.25) is 0 Å². The molecule has 2 aromatic rings. The first kappa shape index (κ1) is 17.4. The highest BCUT2D eigenvalue weighted by Gasteiger charge is 2.48. The number of halogens is 1. The number of hydrogen-bond acceptors (Lipinski definition) is 4. The van der Waals surface area contributed by atoms with Gasteiger partial charge in [0.05, 0.1) is 11.7 Å². The first-order valence-corrected chi connectivity index (χ1v) is 10.3. The molecule has 0 radical (unpaired) electrons. The van der Waals surface area contributed by atoms with E-state index >= 15 is 0 Å². The zero-order valence-electron chi connectivity index (χ0n) is 14.7. The van der Waals surface area contributed by atoms with Gasteiger partial charge >= 0.3 is 0 Å². The molecule has 1 atom stereocenters. The summed E-state index contributed by atoms with van der Waals surface area (Å²) in [7, 11) is -4.06. The van der Waals surface area contributed by atoms with Gasteiger partial charge in [-0.1, -0.05) is 29.8 Å². The molecule has 2 heterocycles. The molecule has 1 unspecified atom stereocenters. The Hall–Kier alpha value is -1.99. The summed E-state index contributed by atoms with van der Waals surface area (Å²) in [5.41, 5.74) is 1.48. The lowest BCUT2D eigenvalue weighted by Gasteiger charge is -2.35. The van der Waals surface area contributed by atoms with Crippen molar-refractivity contribution in [3.63, 3.8) is 0 Å². The topological polar surface area (TPSA) is 64.0 Å². The molecule has 2 aliphatic rings. The van der Waals surface area contributed by atoms with Gasteiger partial charge in [-0.05, 0) is 57.3 Å². The van der Waals surface area contributed by atoms with Crippen LogP contribution in [0.3, 0.4) is 0 Å². The third-order valence-corrected chi connectivity index (χ3v) is 7.82. The molecule has 1 aliphatic carbocycles. The van der Waals surface area contributed by atoms with Gasteiger partial charge < -0.3 is 5.32 Å². The second kappa shape index (κ2) is 6.32. The van der Waals surface area contributed by atoms with Crippen molar-refractivity contribution in [2.24, 2.45) is 5.92 Å². The number of nitrogens with one attached hydrogen (secondary N) is 1. The van der Waals surface area contributed by atoms with E-state index in [4.69, 9.17) is 0 Å². The van der Waals surface area contributed by atoms with Crippen LogP contribution in [0.2, 0.25) is 0 Å². The van der Waals surface area contributed by atoms with E-state index in [1.54, 1.807) is 24.3 Å². The lowest BCUT2D eigenvalue weighted by atomic mass is 9.81. The fraction of sp³-hybridized carbons (Fsp3) is 0.421. The number of para-hydroxylation sites is 1. The molecule has 1 aromatic carbocycles. The molecule has 0 saturated carbocycles. The monoisotopic (exact) mass is 375 g/mol. The quantitative estimate of drug-likeness (QED) is 0.895. The smallest absolute Gasteiger partial charge is 0.266 e. The summed E-state index contributed by atoms with van der Waals surface area (Å²) in [6, 6.07) is 7.06. The van der Waals surface area contributed by atoms with Crippen LogP contribution in [0.5, 0.6) is 0 Å². The molecule has 26 heavy (non-hydrogen) atoms. The second-order valence-electron chi connectivity index (χ2n) is 7.24. The maximum absolute atomic E-state index is 14.8. The molecule has 1 aliphatic heterocycles. The minimum absolute atomic E-state index is 0.163. The van der Waals surface area contributed by atoms with E-state index in [2.05, 4.69) is 10.4 Å². The molecule has 1 saturated heterocycles. The van der Waals surface area contributed by atoms with Crippen LogP contribution in [0.4, 0.5) is 4.39 Å². The zero-order chi connectivity index (χ0) is 18.4. The van der Waals surface area contributed by atoms with Crippen molar-refractivity contribution in [2.75, 3.05) is 13.1 Å². The molecule has 0 bridgehead atoms. The Bertz CT molecular complexity index is 1000. The average Bonchev–Trinajstić information content (AvgIpc) is 3.09. The summed E-state index contributed by atoms with van der Waals surface area (Å²) in [5, 5.41) is 8.09. The number of nitrogens with zero attached hydrogens (tertiary/aromatic N) is 2. The number of benzene rings is 1. The Morgan fingerprint density at radius 3 is 2.73 bits per heavy atom. The number of rotatable bonds is 3. The fourth-order valence-corrected chi connectivity index (χ4v) is 5.55. The molecular weight excluding hydrogens is 353 g/mol. The van der Waals surface area contributed by atoms with Gasteiger partial charge in [0.15, 0.2) is 0 Å². The van der Waals surface area contributed by atoms with E-state index in [0.29, 0.717) is 16.8 Å². The first-order valence-electron chi connectivity index (χ1n) is 8.89. The summed E-state index contributed by atoms with van der Waals surface area (Å²) >= 11 is 0. The van der Waals surface area contributed by atoms with Crippen molar-refractivity contribution in [1.29, 1.82) is 0 Å². The lowest BCUT2D eigenvalue weighted by Crippen LogP contribution is -2.43. The van der Waals surface area contributed by atoms with Crippen LogP contribution in [-0.2, 0) is 10.0 Å².